The van der Waals surface area contributed by atoms with Crippen LogP contribution in [0, 0.1) is 13.2 Å². The molecule has 1 rings (SSSR count). The van der Waals surface area contributed by atoms with Gasteiger partial charge in [-0.05, 0) is 57.3 Å². The Labute approximate surface area is 76.0 Å². The smallest absolute Gasteiger partial charge is 0.0220 e. The molecule has 0 nitrogen and oxygen atoms in total. The summed E-state index contributed by atoms with van der Waals surface area (Å²) in [6.45, 7) is 0. The van der Waals surface area contributed by atoms with E-state index in [-0.39, 0.29) is 0 Å². The summed E-state index contributed by atoms with van der Waals surface area (Å²) in [6.07, 6.45) is 0. The summed E-state index contributed by atoms with van der Waals surface area (Å²) < 4.78 is 2.35. The minimum atomic E-state index is 1.18. The monoisotopic (exact) mass is 329 g/mol. The fourth-order valence-corrected chi connectivity index (χ4v) is 1.93. The molecule has 1 radical (unpaired) electrons. The second-order valence-electron chi connectivity index (χ2n) is 1.35. The highest BCUT2D eigenvalue weighted by molar-refractivity contribution is 14.1. The lowest BCUT2D eigenvalue weighted by Gasteiger charge is -1.86. The maximum absolute atomic E-state index is 3.14. The van der Waals surface area contributed by atoms with E-state index in [1.54, 1.807) is 0 Å². The molecule has 0 spiro atoms. The van der Waals surface area contributed by atoms with Crippen LogP contribution in [0.5, 0.6) is 0 Å². The van der Waals surface area contributed by atoms with Gasteiger partial charge < -0.3 is 0 Å². The first-order chi connectivity index (χ1) is 3.79. The van der Waals surface area contributed by atoms with E-state index < -0.39 is 0 Å². The van der Waals surface area contributed by atoms with E-state index in [1.807, 2.05) is 18.2 Å². The van der Waals surface area contributed by atoms with E-state index in [1.165, 1.54) is 7.14 Å². The van der Waals surface area contributed by atoms with Crippen LogP contribution in [-0.4, -0.2) is 0 Å². The van der Waals surface area contributed by atoms with Gasteiger partial charge in [-0.25, -0.2) is 0 Å². The van der Waals surface area contributed by atoms with Crippen LogP contribution in [0.3, 0.4) is 0 Å². The molecule has 1 aromatic carbocycles. The van der Waals surface area contributed by atoms with Crippen LogP contribution in [0.2, 0.25) is 0 Å². The molecule has 0 fully saturated rings. The van der Waals surface area contributed by atoms with E-state index in [0.717, 1.165) is 0 Å². The van der Waals surface area contributed by atoms with Crippen LogP contribution >= 0.6 is 45.2 Å². The molecule has 0 saturated carbocycles. The van der Waals surface area contributed by atoms with Crippen LogP contribution in [0.25, 0.3) is 0 Å². The maximum Gasteiger partial charge on any atom is 0.0220 e. The van der Waals surface area contributed by atoms with Crippen molar-refractivity contribution in [2.24, 2.45) is 0 Å². The van der Waals surface area contributed by atoms with E-state index in [4.69, 9.17) is 0 Å². The minimum Gasteiger partial charge on any atom is -0.0601 e. The molecule has 0 aliphatic carbocycles. The predicted molar refractivity (Wildman–Crippen MR) is 50.7 cm³/mol. The Morgan fingerprint density at radius 2 is 1.62 bits per heavy atom. The van der Waals surface area contributed by atoms with Crippen molar-refractivity contribution in [1.82, 2.24) is 0 Å². The molecule has 0 saturated heterocycles. The lowest BCUT2D eigenvalue weighted by atomic mass is 10.4. The van der Waals surface area contributed by atoms with E-state index >= 15 is 0 Å². The highest BCUT2D eigenvalue weighted by Gasteiger charge is 1.85. The highest BCUT2D eigenvalue weighted by Crippen LogP contribution is 2.07. The number of benzene rings is 1. The third-order valence-corrected chi connectivity index (χ3v) is 1.98. The molecule has 2 heteroatoms. The first kappa shape index (κ1) is 6.80. The summed E-state index contributed by atoms with van der Waals surface area (Å²) in [4.78, 5) is 0. The van der Waals surface area contributed by atoms with E-state index in [2.05, 4.69) is 51.2 Å². The van der Waals surface area contributed by atoms with Gasteiger partial charge in [-0.2, -0.15) is 0 Å². The molecular formula is C6H3I2. The van der Waals surface area contributed by atoms with Crippen molar-refractivity contribution in [3.05, 3.63) is 31.4 Å². The van der Waals surface area contributed by atoms with Gasteiger partial charge in [-0.15, -0.1) is 0 Å². The molecule has 0 aromatic heterocycles. The standard InChI is InChI=1S/C6H3I2/c7-5-2-1-3-6(8)4-5/h1-3H. The number of halogens is 2. The topological polar surface area (TPSA) is 0 Å². The Morgan fingerprint density at radius 1 is 1.12 bits per heavy atom. The number of rotatable bonds is 0. The Balaban J connectivity index is 3.08. The number of hydrogen-bond donors (Lipinski definition) is 0. The van der Waals surface area contributed by atoms with Crippen molar-refractivity contribution in [3.63, 3.8) is 0 Å². The van der Waals surface area contributed by atoms with Gasteiger partial charge in [0.1, 0.15) is 0 Å². The van der Waals surface area contributed by atoms with Gasteiger partial charge in [0.05, 0.1) is 0 Å². The summed E-state index contributed by atoms with van der Waals surface area (Å²) in [5.41, 5.74) is 0. The zero-order valence-electron chi connectivity index (χ0n) is 3.99. The molecule has 0 aliphatic heterocycles. The SMILES string of the molecule is Ic1[c]c(I)ccc1. The second-order valence-corrected chi connectivity index (χ2v) is 3.67. The van der Waals surface area contributed by atoms with Crippen molar-refractivity contribution in [2.75, 3.05) is 0 Å². The predicted octanol–water partition coefficient (Wildman–Crippen LogP) is 2.70. The molecular weight excluding hydrogens is 326 g/mol. The van der Waals surface area contributed by atoms with Crippen molar-refractivity contribution >= 4 is 45.2 Å². The molecule has 0 heterocycles. The summed E-state index contributed by atoms with van der Waals surface area (Å²) in [5, 5.41) is 0. The molecule has 0 bridgehead atoms. The largest absolute Gasteiger partial charge is 0.0601 e. The van der Waals surface area contributed by atoms with Crippen LogP contribution in [0.15, 0.2) is 18.2 Å². The van der Waals surface area contributed by atoms with Crippen LogP contribution in [0.4, 0.5) is 0 Å². The lowest BCUT2D eigenvalue weighted by molar-refractivity contribution is 1.58. The average Bonchev–Trinajstić information content (AvgIpc) is 1.64. The van der Waals surface area contributed by atoms with Crippen LogP contribution in [0.1, 0.15) is 0 Å². The Hall–Kier alpha value is 0.680. The van der Waals surface area contributed by atoms with Gasteiger partial charge >= 0.3 is 0 Å². The van der Waals surface area contributed by atoms with Crippen LogP contribution in [-0.2, 0) is 0 Å². The molecule has 41 valence electrons. The Morgan fingerprint density at radius 3 is 1.88 bits per heavy atom. The maximum atomic E-state index is 3.14. The minimum absolute atomic E-state index is 1.18. The quantitative estimate of drug-likeness (QED) is 0.642. The average molecular weight is 329 g/mol. The van der Waals surface area contributed by atoms with Crippen LogP contribution < -0.4 is 0 Å². The second kappa shape index (κ2) is 3.00. The zero-order chi connectivity index (χ0) is 5.98. The molecule has 0 atom stereocenters. The van der Waals surface area contributed by atoms with Crippen molar-refractivity contribution in [3.8, 4) is 0 Å². The van der Waals surface area contributed by atoms with Gasteiger partial charge in [-0.3, -0.25) is 0 Å². The first-order valence-electron chi connectivity index (χ1n) is 2.12. The molecule has 0 amide bonds. The fourth-order valence-electron chi connectivity index (χ4n) is 0.414. The molecule has 8 heavy (non-hydrogen) atoms. The molecule has 1 aromatic rings. The van der Waals surface area contributed by atoms with E-state index in [0.29, 0.717) is 0 Å². The summed E-state index contributed by atoms with van der Waals surface area (Å²) in [6, 6.07) is 9.23. The van der Waals surface area contributed by atoms with Crippen molar-refractivity contribution in [2.45, 2.75) is 0 Å². The zero-order valence-corrected chi connectivity index (χ0v) is 8.30. The first-order valence-corrected chi connectivity index (χ1v) is 4.28. The van der Waals surface area contributed by atoms with Gasteiger partial charge in [-0.1, -0.05) is 6.07 Å². The van der Waals surface area contributed by atoms with Gasteiger partial charge in [0.15, 0.2) is 0 Å². The van der Waals surface area contributed by atoms with E-state index in [9.17, 15) is 0 Å². The van der Waals surface area contributed by atoms with Gasteiger partial charge in [0, 0.05) is 13.2 Å². The Bertz CT molecular complexity index is 166. The van der Waals surface area contributed by atoms with Gasteiger partial charge in [0.2, 0.25) is 0 Å². The number of hydrogen-bond acceptors (Lipinski definition) is 0. The van der Waals surface area contributed by atoms with Crippen molar-refractivity contribution < 1.29 is 0 Å². The summed E-state index contributed by atoms with van der Waals surface area (Å²) in [5.74, 6) is 0. The van der Waals surface area contributed by atoms with Gasteiger partial charge in [0.25, 0.3) is 0 Å². The summed E-state index contributed by atoms with van der Waals surface area (Å²) >= 11 is 4.49. The fraction of sp³-hybridized carbons (Fsp3) is 0. The third-order valence-electron chi connectivity index (χ3n) is 0.724. The van der Waals surface area contributed by atoms with Crippen molar-refractivity contribution in [1.29, 1.82) is 0 Å². The lowest BCUT2D eigenvalue weighted by Crippen LogP contribution is -1.71. The Kier molecular flexibility index (Phi) is 2.55. The summed E-state index contributed by atoms with van der Waals surface area (Å²) in [7, 11) is 0. The third kappa shape index (κ3) is 1.89. The highest BCUT2D eigenvalue weighted by atomic mass is 127. The molecule has 0 unspecified atom stereocenters. The normalized spacial score (nSPS) is 9.25. The molecule has 0 aliphatic rings. The molecule has 0 N–H and O–H groups in total.